The van der Waals surface area contributed by atoms with Crippen molar-refractivity contribution in [2.24, 2.45) is 0 Å². The molecular weight excluding hydrogens is 373 g/mol. The maximum absolute atomic E-state index is 13.0. The number of carbonyl (C=O) groups excluding carboxylic acids is 1. The number of amides is 1. The molecule has 1 aromatic heterocycles. The summed E-state index contributed by atoms with van der Waals surface area (Å²) < 4.78 is 15.1. The average molecular weight is 388 g/mol. The van der Waals surface area contributed by atoms with Gasteiger partial charge in [0.1, 0.15) is 12.4 Å². The van der Waals surface area contributed by atoms with Crippen molar-refractivity contribution in [3.63, 3.8) is 0 Å². The average Bonchev–Trinajstić information content (AvgIpc) is 2.65. The van der Waals surface area contributed by atoms with E-state index in [1.165, 1.54) is 29.0 Å². The summed E-state index contributed by atoms with van der Waals surface area (Å²) >= 11 is 5.79. The SMILES string of the molecule is O=C(Cn1c(=O)ccn(Cc2ccc(F)cc2)c1=O)Nc1ccc(Cl)cc1. The minimum atomic E-state index is -0.627. The van der Waals surface area contributed by atoms with E-state index < -0.39 is 23.7 Å². The van der Waals surface area contributed by atoms with Crippen molar-refractivity contribution in [2.75, 3.05) is 5.32 Å². The third-order valence-electron chi connectivity index (χ3n) is 3.84. The third-order valence-corrected chi connectivity index (χ3v) is 4.09. The first-order chi connectivity index (χ1) is 12.9. The normalized spacial score (nSPS) is 10.6. The standard InChI is InChI=1S/C19H15ClFN3O3/c20-14-3-7-16(8-4-14)22-17(25)12-24-18(26)9-10-23(19(24)27)11-13-1-5-15(21)6-2-13/h1-10H,11-12H2,(H,22,25). The molecule has 0 aliphatic heterocycles. The molecule has 0 atom stereocenters. The van der Waals surface area contributed by atoms with Crippen molar-refractivity contribution in [3.8, 4) is 0 Å². The quantitative estimate of drug-likeness (QED) is 0.731. The smallest absolute Gasteiger partial charge is 0.325 e. The molecule has 2 aromatic carbocycles. The Morgan fingerprint density at radius 3 is 2.33 bits per heavy atom. The molecule has 0 spiro atoms. The minimum absolute atomic E-state index is 0.151. The Balaban J connectivity index is 1.79. The van der Waals surface area contributed by atoms with E-state index in [9.17, 15) is 18.8 Å². The van der Waals surface area contributed by atoms with Gasteiger partial charge in [-0.05, 0) is 42.0 Å². The Bertz CT molecular complexity index is 1070. The first-order valence-corrected chi connectivity index (χ1v) is 8.40. The number of nitrogens with one attached hydrogen (secondary N) is 1. The second-order valence-corrected chi connectivity index (χ2v) is 6.27. The van der Waals surface area contributed by atoms with E-state index in [0.717, 1.165) is 4.57 Å². The topological polar surface area (TPSA) is 73.1 Å². The van der Waals surface area contributed by atoms with Crippen molar-refractivity contribution >= 4 is 23.2 Å². The molecule has 6 nitrogen and oxygen atoms in total. The van der Waals surface area contributed by atoms with Gasteiger partial charge in [0.2, 0.25) is 5.91 Å². The summed E-state index contributed by atoms with van der Waals surface area (Å²) in [6, 6.07) is 13.3. The van der Waals surface area contributed by atoms with Gasteiger partial charge in [-0.2, -0.15) is 0 Å². The molecule has 1 heterocycles. The van der Waals surface area contributed by atoms with Crippen LogP contribution in [0.5, 0.6) is 0 Å². The molecule has 0 unspecified atom stereocenters. The fourth-order valence-electron chi connectivity index (χ4n) is 2.49. The van der Waals surface area contributed by atoms with Crippen LogP contribution >= 0.6 is 11.6 Å². The number of aromatic nitrogens is 2. The molecule has 1 amide bonds. The molecular formula is C19H15ClFN3O3. The fourth-order valence-corrected chi connectivity index (χ4v) is 2.61. The number of nitrogens with zero attached hydrogens (tertiary/aromatic N) is 2. The van der Waals surface area contributed by atoms with Gasteiger partial charge in [-0.1, -0.05) is 23.7 Å². The van der Waals surface area contributed by atoms with E-state index in [1.807, 2.05) is 0 Å². The van der Waals surface area contributed by atoms with E-state index >= 15 is 0 Å². The number of hydrogen-bond acceptors (Lipinski definition) is 3. The summed E-state index contributed by atoms with van der Waals surface area (Å²) in [4.78, 5) is 36.8. The van der Waals surface area contributed by atoms with Crippen molar-refractivity contribution in [1.82, 2.24) is 9.13 Å². The van der Waals surface area contributed by atoms with Gasteiger partial charge in [-0.15, -0.1) is 0 Å². The van der Waals surface area contributed by atoms with Crippen molar-refractivity contribution in [2.45, 2.75) is 13.1 Å². The van der Waals surface area contributed by atoms with Crippen molar-refractivity contribution in [3.05, 3.63) is 98.0 Å². The van der Waals surface area contributed by atoms with Gasteiger partial charge in [-0.25, -0.2) is 9.18 Å². The second kappa shape index (κ2) is 8.01. The van der Waals surface area contributed by atoms with Crippen LogP contribution in [-0.4, -0.2) is 15.0 Å². The van der Waals surface area contributed by atoms with E-state index in [2.05, 4.69) is 5.32 Å². The molecule has 138 valence electrons. The lowest BCUT2D eigenvalue weighted by molar-refractivity contribution is -0.116. The summed E-state index contributed by atoms with van der Waals surface area (Å²) in [6.45, 7) is -0.275. The Kier molecular flexibility index (Phi) is 5.52. The van der Waals surface area contributed by atoms with Gasteiger partial charge in [0.25, 0.3) is 5.56 Å². The summed E-state index contributed by atoms with van der Waals surface area (Å²) in [6.07, 6.45) is 1.35. The predicted octanol–water partition coefficient (Wildman–Crippen LogP) is 2.49. The predicted molar refractivity (Wildman–Crippen MR) is 101 cm³/mol. The lowest BCUT2D eigenvalue weighted by Crippen LogP contribution is -2.41. The summed E-state index contributed by atoms with van der Waals surface area (Å²) in [5.41, 5.74) is -0.0194. The molecule has 0 radical (unpaired) electrons. The summed E-state index contributed by atoms with van der Waals surface area (Å²) in [5.74, 6) is -0.897. The molecule has 0 fully saturated rings. The zero-order valence-electron chi connectivity index (χ0n) is 14.1. The van der Waals surface area contributed by atoms with Crippen molar-refractivity contribution < 1.29 is 9.18 Å². The number of rotatable bonds is 5. The molecule has 3 aromatic rings. The Morgan fingerprint density at radius 1 is 1.00 bits per heavy atom. The number of halogens is 2. The molecule has 0 bridgehead atoms. The van der Waals surface area contributed by atoms with Crippen LogP contribution < -0.4 is 16.6 Å². The van der Waals surface area contributed by atoms with E-state index in [0.29, 0.717) is 16.3 Å². The largest absolute Gasteiger partial charge is 0.331 e. The first-order valence-electron chi connectivity index (χ1n) is 8.02. The van der Waals surface area contributed by atoms with Gasteiger partial charge in [0.05, 0.1) is 6.54 Å². The van der Waals surface area contributed by atoms with E-state index in [1.54, 1.807) is 36.4 Å². The highest BCUT2D eigenvalue weighted by molar-refractivity contribution is 6.30. The summed E-state index contributed by atoms with van der Waals surface area (Å²) in [7, 11) is 0. The molecule has 1 N–H and O–H groups in total. The molecule has 3 rings (SSSR count). The molecule has 0 saturated carbocycles. The van der Waals surface area contributed by atoms with Crippen LogP contribution in [0.25, 0.3) is 0 Å². The number of hydrogen-bond donors (Lipinski definition) is 1. The maximum atomic E-state index is 13.0. The summed E-state index contributed by atoms with van der Waals surface area (Å²) in [5, 5.41) is 3.12. The molecule has 0 aliphatic carbocycles. The minimum Gasteiger partial charge on any atom is -0.325 e. The van der Waals surface area contributed by atoms with Crippen molar-refractivity contribution in [1.29, 1.82) is 0 Å². The number of carbonyl (C=O) groups is 1. The van der Waals surface area contributed by atoms with Crippen LogP contribution in [0.3, 0.4) is 0 Å². The van der Waals surface area contributed by atoms with Crippen LogP contribution in [0, 0.1) is 5.82 Å². The van der Waals surface area contributed by atoms with Gasteiger partial charge in [0.15, 0.2) is 0 Å². The van der Waals surface area contributed by atoms with Crippen LogP contribution in [0.4, 0.5) is 10.1 Å². The van der Waals surface area contributed by atoms with E-state index in [-0.39, 0.29) is 12.4 Å². The van der Waals surface area contributed by atoms with E-state index in [4.69, 9.17) is 11.6 Å². The van der Waals surface area contributed by atoms with Crippen LogP contribution in [0.1, 0.15) is 5.56 Å². The number of benzene rings is 2. The lowest BCUT2D eigenvalue weighted by atomic mass is 10.2. The molecule has 8 heteroatoms. The Labute approximate surface area is 158 Å². The van der Waals surface area contributed by atoms with Gasteiger partial charge >= 0.3 is 5.69 Å². The Morgan fingerprint density at radius 2 is 1.67 bits per heavy atom. The van der Waals surface area contributed by atoms with Crippen LogP contribution in [0.15, 0.2) is 70.4 Å². The maximum Gasteiger partial charge on any atom is 0.331 e. The third kappa shape index (κ3) is 4.71. The highest BCUT2D eigenvalue weighted by Gasteiger charge is 2.11. The fraction of sp³-hybridized carbons (Fsp3) is 0.105. The highest BCUT2D eigenvalue weighted by Crippen LogP contribution is 2.13. The Hall–Kier alpha value is -3.19. The van der Waals surface area contributed by atoms with Gasteiger partial charge < -0.3 is 5.32 Å². The lowest BCUT2D eigenvalue weighted by Gasteiger charge is -2.10. The van der Waals surface area contributed by atoms with Crippen LogP contribution in [0.2, 0.25) is 5.02 Å². The van der Waals surface area contributed by atoms with Gasteiger partial charge in [-0.3, -0.25) is 18.7 Å². The zero-order valence-corrected chi connectivity index (χ0v) is 14.8. The zero-order chi connectivity index (χ0) is 19.4. The van der Waals surface area contributed by atoms with Gasteiger partial charge in [0, 0.05) is 23.0 Å². The molecule has 27 heavy (non-hydrogen) atoms. The molecule has 0 saturated heterocycles. The number of anilines is 1. The molecule has 0 aliphatic rings. The first kappa shape index (κ1) is 18.6. The highest BCUT2D eigenvalue weighted by atomic mass is 35.5. The second-order valence-electron chi connectivity index (χ2n) is 5.83. The monoisotopic (exact) mass is 387 g/mol. The van der Waals surface area contributed by atoms with Crippen LogP contribution in [-0.2, 0) is 17.9 Å².